The smallest absolute Gasteiger partial charge is 0.225 e. The summed E-state index contributed by atoms with van der Waals surface area (Å²) < 4.78 is 0.718. The lowest BCUT2D eigenvalue weighted by Gasteiger charge is -2.12. The molecule has 14 heavy (non-hydrogen) atoms. The molecule has 0 bridgehead atoms. The average molecular weight is 257 g/mol. The number of rotatable bonds is 3. The van der Waals surface area contributed by atoms with E-state index in [0.29, 0.717) is 17.8 Å². The molecule has 1 aromatic rings. The highest BCUT2D eigenvalue weighted by atomic mass is 79.9. The number of nitrogens with two attached hydrogens (primary N) is 1. The Bertz CT molecular complexity index is 317. The molecule has 1 atom stereocenters. The first-order valence-corrected chi connectivity index (χ1v) is 5.51. The summed E-state index contributed by atoms with van der Waals surface area (Å²) in [5.41, 5.74) is 5.61. The zero-order chi connectivity index (χ0) is 10.1. The van der Waals surface area contributed by atoms with Crippen molar-refractivity contribution < 1.29 is 0 Å². The van der Waals surface area contributed by atoms with Crippen LogP contribution in [0.25, 0.3) is 0 Å². The zero-order valence-electron chi connectivity index (χ0n) is 8.00. The highest BCUT2D eigenvalue weighted by molar-refractivity contribution is 9.10. The van der Waals surface area contributed by atoms with Crippen LogP contribution in [-0.2, 0) is 0 Å². The number of halogens is 1. The van der Waals surface area contributed by atoms with Crippen LogP contribution in [0.4, 0.5) is 11.8 Å². The highest BCUT2D eigenvalue weighted by Crippen LogP contribution is 2.33. The van der Waals surface area contributed by atoms with Crippen LogP contribution in [0.5, 0.6) is 0 Å². The molecule has 5 heteroatoms. The van der Waals surface area contributed by atoms with E-state index in [1.807, 2.05) is 0 Å². The van der Waals surface area contributed by atoms with Crippen molar-refractivity contribution in [3.8, 4) is 0 Å². The van der Waals surface area contributed by atoms with E-state index in [0.717, 1.165) is 10.5 Å². The molecule has 4 nitrogen and oxygen atoms in total. The molecule has 76 valence electrons. The summed E-state index contributed by atoms with van der Waals surface area (Å²) in [5, 5.41) is 3.25. The van der Waals surface area contributed by atoms with E-state index in [9.17, 15) is 0 Å². The third-order valence-electron chi connectivity index (χ3n) is 2.40. The van der Waals surface area contributed by atoms with Gasteiger partial charge in [0.05, 0.1) is 0 Å². The third kappa shape index (κ3) is 2.35. The van der Waals surface area contributed by atoms with Gasteiger partial charge in [0.2, 0.25) is 5.95 Å². The monoisotopic (exact) mass is 256 g/mol. The molecule has 1 fully saturated rings. The Morgan fingerprint density at radius 1 is 1.57 bits per heavy atom. The molecule has 0 aromatic carbocycles. The lowest BCUT2D eigenvalue weighted by atomic mass is 10.2. The first kappa shape index (κ1) is 9.71. The lowest BCUT2D eigenvalue weighted by Crippen LogP contribution is -2.19. The topological polar surface area (TPSA) is 63.8 Å². The van der Waals surface area contributed by atoms with Crippen LogP contribution in [0.1, 0.15) is 19.8 Å². The van der Waals surface area contributed by atoms with E-state index in [1.54, 1.807) is 6.07 Å². The minimum atomic E-state index is 0.434. The second-order valence-corrected chi connectivity index (χ2v) is 4.52. The number of nitrogen functional groups attached to an aromatic ring is 1. The molecule has 1 aliphatic carbocycles. The highest BCUT2D eigenvalue weighted by Gasteiger charge is 2.28. The summed E-state index contributed by atoms with van der Waals surface area (Å²) in [5.74, 6) is 1.87. The molecular formula is C9H13BrN4. The molecule has 0 amide bonds. The normalized spacial score (nSPS) is 17.9. The second-order valence-electron chi connectivity index (χ2n) is 3.71. The lowest BCUT2D eigenvalue weighted by molar-refractivity contribution is 0.686. The molecule has 3 N–H and O–H groups in total. The molecule has 0 radical (unpaired) electrons. The predicted molar refractivity (Wildman–Crippen MR) is 60.0 cm³/mol. The molecule has 0 aliphatic heterocycles. The molecule has 0 spiro atoms. The van der Waals surface area contributed by atoms with Crippen molar-refractivity contribution in [2.75, 3.05) is 11.1 Å². The van der Waals surface area contributed by atoms with Crippen molar-refractivity contribution in [1.29, 1.82) is 0 Å². The zero-order valence-corrected chi connectivity index (χ0v) is 9.58. The molecule has 1 saturated carbocycles. The largest absolute Gasteiger partial charge is 0.383 e. The number of hydrogen-bond acceptors (Lipinski definition) is 4. The third-order valence-corrected chi connectivity index (χ3v) is 2.81. The fraction of sp³-hybridized carbons (Fsp3) is 0.556. The summed E-state index contributed by atoms with van der Waals surface area (Å²) in [6, 6.07) is 2.12. The molecular weight excluding hydrogens is 244 g/mol. The summed E-state index contributed by atoms with van der Waals surface area (Å²) in [4.78, 5) is 8.31. The van der Waals surface area contributed by atoms with E-state index in [2.05, 4.69) is 38.1 Å². The standard InChI is InChI=1S/C9H13BrN4/c1-5(6-2-3-6)12-9-13-7(10)4-8(11)14-9/h4-6H,2-3H2,1H3,(H3,11,12,13,14). The summed E-state index contributed by atoms with van der Waals surface area (Å²) in [6.07, 6.45) is 2.61. The number of anilines is 2. The minimum Gasteiger partial charge on any atom is -0.383 e. The minimum absolute atomic E-state index is 0.434. The van der Waals surface area contributed by atoms with Crippen LogP contribution >= 0.6 is 15.9 Å². The van der Waals surface area contributed by atoms with Crippen molar-refractivity contribution >= 4 is 27.7 Å². The van der Waals surface area contributed by atoms with Crippen molar-refractivity contribution in [3.05, 3.63) is 10.7 Å². The van der Waals surface area contributed by atoms with E-state index in [1.165, 1.54) is 12.8 Å². The van der Waals surface area contributed by atoms with Gasteiger partial charge in [0.15, 0.2) is 0 Å². The Morgan fingerprint density at radius 3 is 2.86 bits per heavy atom. The number of aromatic nitrogens is 2. The predicted octanol–water partition coefficient (Wildman–Crippen LogP) is 2.03. The molecule has 2 rings (SSSR count). The molecule has 1 unspecified atom stereocenters. The van der Waals surface area contributed by atoms with Crippen molar-refractivity contribution in [2.45, 2.75) is 25.8 Å². The van der Waals surface area contributed by atoms with Gasteiger partial charge in [-0.3, -0.25) is 0 Å². The Morgan fingerprint density at radius 2 is 2.29 bits per heavy atom. The molecule has 1 heterocycles. The van der Waals surface area contributed by atoms with E-state index < -0.39 is 0 Å². The maximum Gasteiger partial charge on any atom is 0.225 e. The Hall–Kier alpha value is -0.840. The molecule has 1 aliphatic rings. The number of nitrogens with zero attached hydrogens (tertiary/aromatic N) is 2. The van der Waals surface area contributed by atoms with Gasteiger partial charge < -0.3 is 11.1 Å². The van der Waals surface area contributed by atoms with E-state index in [-0.39, 0.29) is 0 Å². The van der Waals surface area contributed by atoms with E-state index >= 15 is 0 Å². The van der Waals surface area contributed by atoms with Crippen LogP contribution < -0.4 is 11.1 Å². The SMILES string of the molecule is CC(Nc1nc(N)cc(Br)n1)C1CC1. The van der Waals surface area contributed by atoms with Gasteiger partial charge in [0.1, 0.15) is 10.4 Å². The Balaban J connectivity index is 2.07. The van der Waals surface area contributed by atoms with Crippen molar-refractivity contribution in [2.24, 2.45) is 5.92 Å². The number of hydrogen-bond donors (Lipinski definition) is 2. The quantitative estimate of drug-likeness (QED) is 0.813. The van der Waals surface area contributed by atoms with Gasteiger partial charge in [-0.05, 0) is 41.6 Å². The van der Waals surface area contributed by atoms with Crippen LogP contribution in [0.2, 0.25) is 0 Å². The van der Waals surface area contributed by atoms with Crippen molar-refractivity contribution in [1.82, 2.24) is 9.97 Å². The fourth-order valence-electron chi connectivity index (χ4n) is 1.42. The van der Waals surface area contributed by atoms with Gasteiger partial charge in [-0.25, -0.2) is 4.98 Å². The summed E-state index contributed by atoms with van der Waals surface area (Å²) in [7, 11) is 0. The fourth-order valence-corrected chi connectivity index (χ4v) is 1.82. The van der Waals surface area contributed by atoms with Crippen LogP contribution in [0.3, 0.4) is 0 Å². The number of nitrogens with one attached hydrogen (secondary N) is 1. The van der Waals surface area contributed by atoms with Crippen molar-refractivity contribution in [3.63, 3.8) is 0 Å². The second kappa shape index (κ2) is 3.73. The molecule has 0 saturated heterocycles. The van der Waals surface area contributed by atoms with Gasteiger partial charge in [-0.15, -0.1) is 0 Å². The van der Waals surface area contributed by atoms with E-state index in [4.69, 9.17) is 5.73 Å². The maximum absolute atomic E-state index is 5.61. The summed E-state index contributed by atoms with van der Waals surface area (Å²) in [6.45, 7) is 2.15. The van der Waals surface area contributed by atoms with Gasteiger partial charge in [-0.1, -0.05) is 0 Å². The van der Waals surface area contributed by atoms with Crippen LogP contribution in [-0.4, -0.2) is 16.0 Å². The Kier molecular flexibility index (Phi) is 2.58. The molecule has 1 aromatic heterocycles. The maximum atomic E-state index is 5.61. The van der Waals surface area contributed by atoms with Gasteiger partial charge in [0.25, 0.3) is 0 Å². The van der Waals surface area contributed by atoms with Gasteiger partial charge >= 0.3 is 0 Å². The van der Waals surface area contributed by atoms with Gasteiger partial charge in [-0.2, -0.15) is 4.98 Å². The summed E-state index contributed by atoms with van der Waals surface area (Å²) >= 11 is 3.28. The first-order chi connectivity index (χ1) is 6.65. The van der Waals surface area contributed by atoms with Crippen LogP contribution in [0, 0.1) is 5.92 Å². The first-order valence-electron chi connectivity index (χ1n) is 4.72. The Labute approximate surface area is 91.4 Å². The van der Waals surface area contributed by atoms with Gasteiger partial charge in [0, 0.05) is 12.1 Å². The van der Waals surface area contributed by atoms with Crippen LogP contribution in [0.15, 0.2) is 10.7 Å². The average Bonchev–Trinajstić information content (AvgIpc) is 2.82.